The molecule has 0 aliphatic rings. The van der Waals surface area contributed by atoms with Crippen molar-refractivity contribution >= 4 is 21.8 Å². The Labute approximate surface area is 122 Å². The van der Waals surface area contributed by atoms with Gasteiger partial charge in [0.2, 0.25) is 0 Å². The first kappa shape index (κ1) is 14.4. The number of benzene rings is 1. The highest BCUT2D eigenvalue weighted by Gasteiger charge is 2.10. The van der Waals surface area contributed by atoms with Gasteiger partial charge in [-0.1, -0.05) is 0 Å². The summed E-state index contributed by atoms with van der Waals surface area (Å²) in [6.45, 7) is 0.0236. The number of nitrogens with two attached hydrogens (primary N) is 1. The van der Waals surface area contributed by atoms with Crippen LogP contribution >= 0.6 is 15.9 Å². The molecule has 3 N–H and O–H groups in total. The van der Waals surface area contributed by atoms with Crippen molar-refractivity contribution < 1.29 is 9.18 Å². The lowest BCUT2D eigenvalue weighted by Crippen LogP contribution is -2.30. The van der Waals surface area contributed by atoms with Gasteiger partial charge in [0.15, 0.2) is 0 Å². The number of hydrogen-bond acceptors (Lipinski definition) is 3. The quantitative estimate of drug-likeness (QED) is 0.504. The van der Waals surface area contributed by atoms with Gasteiger partial charge in [-0.15, -0.1) is 0 Å². The molecule has 2 aromatic rings. The lowest BCUT2D eigenvalue weighted by atomic mass is 10.1. The Kier molecular flexibility index (Phi) is 4.31. The summed E-state index contributed by atoms with van der Waals surface area (Å²) in [7, 11) is 0. The van der Waals surface area contributed by atoms with E-state index in [1.807, 2.05) is 5.43 Å². The maximum absolute atomic E-state index is 13.8. The molecule has 1 aromatic heterocycles. The van der Waals surface area contributed by atoms with Gasteiger partial charge in [0.05, 0.1) is 6.54 Å². The lowest BCUT2D eigenvalue weighted by molar-refractivity contribution is 0.0953. The predicted molar refractivity (Wildman–Crippen MR) is 75.6 cm³/mol. The van der Waals surface area contributed by atoms with E-state index >= 15 is 0 Å². The molecule has 0 atom stereocenters. The maximum Gasteiger partial charge on any atom is 0.265 e. The second kappa shape index (κ2) is 5.98. The van der Waals surface area contributed by atoms with Gasteiger partial charge in [0, 0.05) is 27.9 Å². The van der Waals surface area contributed by atoms with Crippen molar-refractivity contribution in [3.05, 3.63) is 68.3 Å². The second-order valence-corrected chi connectivity index (χ2v) is 5.01. The van der Waals surface area contributed by atoms with Crippen LogP contribution in [-0.2, 0) is 6.54 Å². The van der Waals surface area contributed by atoms with E-state index in [4.69, 9.17) is 5.84 Å². The number of carbonyl (C=O) groups is 1. The molecular formula is C13H11BrFN3O2. The number of pyridine rings is 1. The van der Waals surface area contributed by atoms with Crippen LogP contribution in [0.25, 0.3) is 0 Å². The summed E-state index contributed by atoms with van der Waals surface area (Å²) < 4.78 is 15.8. The number of rotatable bonds is 3. The van der Waals surface area contributed by atoms with Crippen molar-refractivity contribution in [2.75, 3.05) is 0 Å². The van der Waals surface area contributed by atoms with Crippen molar-refractivity contribution in [3.8, 4) is 0 Å². The van der Waals surface area contributed by atoms with E-state index in [-0.39, 0.29) is 23.2 Å². The molecule has 0 aliphatic carbocycles. The maximum atomic E-state index is 13.8. The Morgan fingerprint density at radius 2 is 2.10 bits per heavy atom. The molecule has 0 bridgehead atoms. The highest BCUT2D eigenvalue weighted by Crippen LogP contribution is 2.13. The van der Waals surface area contributed by atoms with Crippen LogP contribution in [0.1, 0.15) is 15.9 Å². The summed E-state index contributed by atoms with van der Waals surface area (Å²) in [5, 5.41) is 0. The third kappa shape index (κ3) is 3.12. The largest absolute Gasteiger partial charge is 0.310 e. The van der Waals surface area contributed by atoms with Gasteiger partial charge in [-0.25, -0.2) is 10.2 Å². The smallest absolute Gasteiger partial charge is 0.265 e. The van der Waals surface area contributed by atoms with Gasteiger partial charge in [0.1, 0.15) is 5.82 Å². The van der Waals surface area contributed by atoms with Gasteiger partial charge in [0.25, 0.3) is 11.5 Å². The van der Waals surface area contributed by atoms with Crippen molar-refractivity contribution in [1.29, 1.82) is 0 Å². The third-order valence-electron chi connectivity index (χ3n) is 2.73. The molecule has 0 saturated heterocycles. The molecule has 0 saturated carbocycles. The van der Waals surface area contributed by atoms with Gasteiger partial charge < -0.3 is 4.57 Å². The molecule has 2 rings (SSSR count). The van der Waals surface area contributed by atoms with E-state index in [0.717, 1.165) is 0 Å². The van der Waals surface area contributed by atoms with Gasteiger partial charge >= 0.3 is 0 Å². The third-order valence-corrected chi connectivity index (χ3v) is 3.20. The standard InChI is InChI=1S/C13H11BrFN3O2/c14-10-2-4-12(19)18(7-10)6-9-5-8(13(20)17-16)1-3-11(9)15/h1-5,7H,6,16H2,(H,17,20). The molecule has 1 heterocycles. The molecule has 5 nitrogen and oxygen atoms in total. The van der Waals surface area contributed by atoms with Gasteiger partial charge in [-0.05, 0) is 40.2 Å². The number of carbonyl (C=O) groups excluding carboxylic acids is 1. The Bertz CT molecular complexity index is 715. The van der Waals surface area contributed by atoms with E-state index in [0.29, 0.717) is 4.47 Å². The van der Waals surface area contributed by atoms with Crippen LogP contribution < -0.4 is 16.8 Å². The van der Waals surface area contributed by atoms with E-state index in [1.54, 1.807) is 12.3 Å². The molecule has 0 aliphatic heterocycles. The number of nitrogens with zero attached hydrogens (tertiary/aromatic N) is 1. The molecule has 0 fully saturated rings. The number of nitrogens with one attached hydrogen (secondary N) is 1. The van der Waals surface area contributed by atoms with Crippen molar-refractivity contribution in [2.45, 2.75) is 6.54 Å². The Balaban J connectivity index is 2.40. The zero-order chi connectivity index (χ0) is 14.7. The summed E-state index contributed by atoms with van der Waals surface area (Å²) in [5.41, 5.74) is 2.17. The minimum atomic E-state index is -0.521. The number of hydrogen-bond donors (Lipinski definition) is 2. The first-order valence-electron chi connectivity index (χ1n) is 5.66. The average molecular weight is 340 g/mol. The van der Waals surface area contributed by atoms with Crippen LogP contribution in [0.4, 0.5) is 4.39 Å². The highest BCUT2D eigenvalue weighted by molar-refractivity contribution is 9.10. The van der Waals surface area contributed by atoms with Crippen LogP contribution in [-0.4, -0.2) is 10.5 Å². The Hall–Kier alpha value is -1.99. The van der Waals surface area contributed by atoms with Gasteiger partial charge in [-0.3, -0.25) is 15.0 Å². The molecule has 0 spiro atoms. The van der Waals surface area contributed by atoms with Crippen molar-refractivity contribution in [1.82, 2.24) is 9.99 Å². The van der Waals surface area contributed by atoms with Crippen LogP contribution in [0.3, 0.4) is 0 Å². The van der Waals surface area contributed by atoms with Crippen molar-refractivity contribution in [2.24, 2.45) is 5.84 Å². The number of amides is 1. The van der Waals surface area contributed by atoms with E-state index in [2.05, 4.69) is 15.9 Å². The summed E-state index contributed by atoms with van der Waals surface area (Å²) in [4.78, 5) is 23.1. The number of hydrazine groups is 1. The fraction of sp³-hybridized carbons (Fsp3) is 0.0769. The average Bonchev–Trinajstić information content (AvgIpc) is 2.44. The summed E-state index contributed by atoms with van der Waals surface area (Å²) in [6, 6.07) is 6.84. The number of halogens is 2. The van der Waals surface area contributed by atoms with Gasteiger partial charge in [-0.2, -0.15) is 0 Å². The normalized spacial score (nSPS) is 10.3. The molecule has 0 radical (unpaired) electrons. The molecule has 1 aromatic carbocycles. The molecule has 104 valence electrons. The van der Waals surface area contributed by atoms with Crippen LogP contribution in [0.5, 0.6) is 0 Å². The zero-order valence-corrected chi connectivity index (χ0v) is 11.9. The first-order chi connectivity index (χ1) is 9.51. The Morgan fingerprint density at radius 1 is 1.35 bits per heavy atom. The minimum absolute atomic E-state index is 0.0236. The molecule has 0 unspecified atom stereocenters. The van der Waals surface area contributed by atoms with Crippen LogP contribution in [0, 0.1) is 5.82 Å². The van der Waals surface area contributed by atoms with Crippen LogP contribution in [0.2, 0.25) is 0 Å². The molecule has 1 amide bonds. The Morgan fingerprint density at radius 3 is 2.80 bits per heavy atom. The molecular weight excluding hydrogens is 329 g/mol. The SMILES string of the molecule is NNC(=O)c1ccc(F)c(Cn2cc(Br)ccc2=O)c1. The van der Waals surface area contributed by atoms with E-state index in [9.17, 15) is 14.0 Å². The predicted octanol–water partition coefficient (Wildman–Crippen LogP) is 1.40. The first-order valence-corrected chi connectivity index (χ1v) is 6.46. The zero-order valence-electron chi connectivity index (χ0n) is 10.3. The fourth-order valence-corrected chi connectivity index (χ4v) is 2.11. The van der Waals surface area contributed by atoms with Crippen LogP contribution in [0.15, 0.2) is 45.8 Å². The molecule has 20 heavy (non-hydrogen) atoms. The minimum Gasteiger partial charge on any atom is -0.310 e. The lowest BCUT2D eigenvalue weighted by Gasteiger charge is -2.09. The number of nitrogen functional groups attached to an aromatic ring is 1. The summed E-state index contributed by atoms with van der Waals surface area (Å²) in [6.07, 6.45) is 1.55. The van der Waals surface area contributed by atoms with E-state index < -0.39 is 11.7 Å². The number of aromatic nitrogens is 1. The molecule has 7 heteroatoms. The second-order valence-electron chi connectivity index (χ2n) is 4.09. The summed E-state index contributed by atoms with van der Waals surface area (Å²) in [5.74, 6) is 4.02. The summed E-state index contributed by atoms with van der Waals surface area (Å²) >= 11 is 3.24. The monoisotopic (exact) mass is 339 g/mol. The van der Waals surface area contributed by atoms with Crippen molar-refractivity contribution in [3.63, 3.8) is 0 Å². The topological polar surface area (TPSA) is 77.1 Å². The van der Waals surface area contributed by atoms with E-state index in [1.165, 1.54) is 28.8 Å². The highest BCUT2D eigenvalue weighted by atomic mass is 79.9. The fourth-order valence-electron chi connectivity index (χ4n) is 1.73.